The minimum absolute atomic E-state index is 0.00160. The summed E-state index contributed by atoms with van der Waals surface area (Å²) in [5.74, 6) is -0.392. The van der Waals surface area contributed by atoms with E-state index in [1.807, 2.05) is 17.0 Å². The SMILES string of the molecule is COCCCn1cc(CN(C(=O)[C@H]2CNCCC2c2ccn(C)c(=O)c2)C2CC2)c2cc(F)ccc21. The van der Waals surface area contributed by atoms with Gasteiger partial charge >= 0.3 is 0 Å². The van der Waals surface area contributed by atoms with Crippen molar-refractivity contribution in [2.24, 2.45) is 13.0 Å². The lowest BCUT2D eigenvalue weighted by Gasteiger charge is -2.35. The van der Waals surface area contributed by atoms with Crippen LogP contribution in [0.3, 0.4) is 0 Å². The van der Waals surface area contributed by atoms with Crippen LogP contribution in [0.15, 0.2) is 47.5 Å². The third-order valence-corrected chi connectivity index (χ3v) is 7.64. The van der Waals surface area contributed by atoms with Crippen molar-refractivity contribution in [3.8, 4) is 0 Å². The third-order valence-electron chi connectivity index (χ3n) is 7.64. The first kappa shape index (κ1) is 24.7. The number of aryl methyl sites for hydroxylation is 2. The van der Waals surface area contributed by atoms with Crippen molar-refractivity contribution >= 4 is 16.8 Å². The number of methoxy groups -OCH3 is 1. The van der Waals surface area contributed by atoms with Gasteiger partial charge in [0.2, 0.25) is 5.91 Å². The van der Waals surface area contributed by atoms with Gasteiger partial charge in [0.1, 0.15) is 5.82 Å². The summed E-state index contributed by atoms with van der Waals surface area (Å²) in [5.41, 5.74) is 2.82. The number of rotatable bonds is 9. The highest BCUT2D eigenvalue weighted by molar-refractivity contribution is 5.86. The predicted octanol–water partition coefficient (Wildman–Crippen LogP) is 3.40. The van der Waals surface area contributed by atoms with Crippen LogP contribution in [0.4, 0.5) is 4.39 Å². The minimum Gasteiger partial charge on any atom is -0.385 e. The Morgan fingerprint density at radius 3 is 2.81 bits per heavy atom. The highest BCUT2D eigenvalue weighted by Crippen LogP contribution is 2.37. The van der Waals surface area contributed by atoms with E-state index >= 15 is 0 Å². The lowest BCUT2D eigenvalue weighted by Crippen LogP contribution is -2.47. The van der Waals surface area contributed by atoms with Crippen molar-refractivity contribution in [2.75, 3.05) is 26.8 Å². The summed E-state index contributed by atoms with van der Waals surface area (Å²) in [6.07, 6.45) is 7.50. The zero-order valence-corrected chi connectivity index (χ0v) is 21.1. The van der Waals surface area contributed by atoms with E-state index in [2.05, 4.69) is 16.1 Å². The molecule has 1 N–H and O–H groups in total. The molecule has 7 nitrogen and oxygen atoms in total. The number of halogens is 1. The fourth-order valence-corrected chi connectivity index (χ4v) is 5.51. The zero-order chi connectivity index (χ0) is 25.2. The number of hydrogen-bond donors (Lipinski definition) is 1. The summed E-state index contributed by atoms with van der Waals surface area (Å²) in [5, 5.41) is 4.25. The molecule has 1 aromatic carbocycles. The van der Waals surface area contributed by atoms with Crippen LogP contribution in [0.5, 0.6) is 0 Å². The maximum atomic E-state index is 14.2. The fraction of sp³-hybridized carbons (Fsp3) is 0.500. The van der Waals surface area contributed by atoms with Crippen LogP contribution < -0.4 is 10.9 Å². The van der Waals surface area contributed by atoms with Gasteiger partial charge in [-0.1, -0.05) is 0 Å². The van der Waals surface area contributed by atoms with Crippen LogP contribution >= 0.6 is 0 Å². The highest BCUT2D eigenvalue weighted by atomic mass is 19.1. The van der Waals surface area contributed by atoms with Gasteiger partial charge in [0, 0.05) is 75.8 Å². The Balaban J connectivity index is 1.44. The maximum absolute atomic E-state index is 14.2. The maximum Gasteiger partial charge on any atom is 0.250 e. The Morgan fingerprint density at radius 1 is 1.22 bits per heavy atom. The average Bonchev–Trinajstić information content (AvgIpc) is 3.67. The summed E-state index contributed by atoms with van der Waals surface area (Å²) < 4.78 is 23.2. The molecule has 1 saturated heterocycles. The number of benzene rings is 1. The van der Waals surface area contributed by atoms with Crippen molar-refractivity contribution < 1.29 is 13.9 Å². The van der Waals surface area contributed by atoms with E-state index in [0.29, 0.717) is 19.7 Å². The van der Waals surface area contributed by atoms with Crippen LogP contribution in [0.25, 0.3) is 10.9 Å². The lowest BCUT2D eigenvalue weighted by atomic mass is 9.80. The normalized spacial score (nSPS) is 20.1. The van der Waals surface area contributed by atoms with Crippen LogP contribution in [0, 0.1) is 11.7 Å². The van der Waals surface area contributed by atoms with E-state index in [0.717, 1.165) is 60.8 Å². The van der Waals surface area contributed by atoms with Gasteiger partial charge in [0.05, 0.1) is 5.92 Å². The van der Waals surface area contributed by atoms with Crippen LogP contribution in [-0.4, -0.2) is 52.8 Å². The van der Waals surface area contributed by atoms with Gasteiger partial charge < -0.3 is 24.1 Å². The molecule has 0 bridgehead atoms. The second kappa shape index (κ2) is 10.6. The van der Waals surface area contributed by atoms with Gasteiger partial charge in [0.15, 0.2) is 0 Å². The lowest BCUT2D eigenvalue weighted by molar-refractivity contribution is -0.138. The molecule has 0 radical (unpaired) electrons. The largest absolute Gasteiger partial charge is 0.385 e. The van der Waals surface area contributed by atoms with Crippen molar-refractivity contribution in [1.29, 1.82) is 0 Å². The van der Waals surface area contributed by atoms with Crippen molar-refractivity contribution in [2.45, 2.75) is 50.7 Å². The quantitative estimate of drug-likeness (QED) is 0.463. The second-order valence-corrected chi connectivity index (χ2v) is 10.2. The number of pyridine rings is 1. The standard InChI is InChI=1S/C28H35FN4O3/c1-31-12-9-19(14-27(31)34)23-8-10-30-16-25(23)28(35)33(22-5-6-22)18-20-17-32(11-3-13-36-2)26-7-4-21(29)15-24(20)26/h4,7,9,12,14-15,17,22-23,25,30H,3,5-6,8,10-11,13,16,18H2,1-2H3/t23?,25-/m0/s1. The molecule has 1 aliphatic heterocycles. The molecule has 192 valence electrons. The molecule has 8 heteroatoms. The molecule has 1 amide bonds. The number of nitrogens with one attached hydrogen (secondary N) is 1. The number of ether oxygens (including phenoxy) is 1. The monoisotopic (exact) mass is 494 g/mol. The summed E-state index contributed by atoms with van der Waals surface area (Å²) in [4.78, 5) is 28.4. The Hall–Kier alpha value is -2.97. The van der Waals surface area contributed by atoms with E-state index < -0.39 is 0 Å². The molecule has 2 atom stereocenters. The number of piperidine rings is 1. The molecular weight excluding hydrogens is 459 g/mol. The van der Waals surface area contributed by atoms with Gasteiger partial charge in [-0.25, -0.2) is 4.39 Å². The molecule has 1 aliphatic carbocycles. The van der Waals surface area contributed by atoms with Gasteiger partial charge in [0.25, 0.3) is 5.56 Å². The first-order valence-corrected chi connectivity index (χ1v) is 12.9. The molecule has 3 heterocycles. The Kier molecular flexibility index (Phi) is 7.25. The molecule has 2 fully saturated rings. The minimum atomic E-state index is -0.273. The summed E-state index contributed by atoms with van der Waals surface area (Å²) >= 11 is 0. The Morgan fingerprint density at radius 2 is 2.06 bits per heavy atom. The van der Waals surface area contributed by atoms with Crippen molar-refractivity contribution in [3.05, 3.63) is 70.0 Å². The predicted molar refractivity (Wildman–Crippen MR) is 137 cm³/mol. The van der Waals surface area contributed by atoms with E-state index in [1.165, 1.54) is 6.07 Å². The Bertz CT molecular complexity index is 1300. The smallest absolute Gasteiger partial charge is 0.250 e. The number of amides is 1. The molecule has 36 heavy (non-hydrogen) atoms. The van der Waals surface area contributed by atoms with Crippen molar-refractivity contribution in [1.82, 2.24) is 19.4 Å². The van der Waals surface area contributed by atoms with Gasteiger partial charge in [-0.2, -0.15) is 0 Å². The van der Waals surface area contributed by atoms with E-state index in [-0.39, 0.29) is 35.2 Å². The molecule has 2 aliphatic rings. The van der Waals surface area contributed by atoms with Gasteiger partial charge in [-0.3, -0.25) is 9.59 Å². The van der Waals surface area contributed by atoms with Gasteiger partial charge in [-0.05, 0) is 73.5 Å². The summed E-state index contributed by atoms with van der Waals surface area (Å²) in [6.45, 7) is 3.30. The van der Waals surface area contributed by atoms with Crippen LogP contribution in [0.1, 0.15) is 42.7 Å². The first-order valence-electron chi connectivity index (χ1n) is 12.9. The molecule has 1 saturated carbocycles. The topological polar surface area (TPSA) is 68.5 Å². The highest BCUT2D eigenvalue weighted by Gasteiger charge is 2.40. The van der Waals surface area contributed by atoms with Crippen LogP contribution in [-0.2, 0) is 29.7 Å². The van der Waals surface area contributed by atoms with Gasteiger partial charge in [-0.15, -0.1) is 0 Å². The number of carbonyl (C=O) groups excluding carboxylic acids is 1. The molecule has 2 aromatic heterocycles. The molecule has 0 spiro atoms. The van der Waals surface area contributed by atoms with E-state index in [1.54, 1.807) is 37.1 Å². The third kappa shape index (κ3) is 5.11. The van der Waals surface area contributed by atoms with Crippen molar-refractivity contribution in [3.63, 3.8) is 0 Å². The molecule has 3 aromatic rings. The van der Waals surface area contributed by atoms with E-state index in [9.17, 15) is 14.0 Å². The number of hydrogen-bond acceptors (Lipinski definition) is 4. The molecule has 5 rings (SSSR count). The second-order valence-electron chi connectivity index (χ2n) is 10.2. The number of aromatic nitrogens is 2. The zero-order valence-electron chi connectivity index (χ0n) is 21.1. The number of fused-ring (bicyclic) bond motifs is 1. The summed E-state index contributed by atoms with van der Waals surface area (Å²) in [6, 6.07) is 8.75. The molecule has 1 unspecified atom stereocenters. The van der Waals surface area contributed by atoms with Crippen LogP contribution in [0.2, 0.25) is 0 Å². The summed E-state index contributed by atoms with van der Waals surface area (Å²) in [7, 11) is 3.43. The fourth-order valence-electron chi connectivity index (χ4n) is 5.51. The first-order chi connectivity index (χ1) is 17.5. The Labute approximate surface area is 210 Å². The number of nitrogens with zero attached hydrogens (tertiary/aromatic N) is 3. The molecular formula is C28H35FN4O3. The average molecular weight is 495 g/mol. The number of carbonyl (C=O) groups is 1. The van der Waals surface area contributed by atoms with E-state index in [4.69, 9.17) is 4.74 Å².